The number of nitriles is 1. The van der Waals surface area contributed by atoms with Crippen LogP contribution in [0.1, 0.15) is 22.9 Å². The quantitative estimate of drug-likeness (QED) is 0.750. The van der Waals surface area contributed by atoms with Gasteiger partial charge in [-0.2, -0.15) is 5.26 Å². The third kappa shape index (κ3) is 4.10. The summed E-state index contributed by atoms with van der Waals surface area (Å²) >= 11 is 0. The number of hydrogen-bond acceptors (Lipinski definition) is 5. The summed E-state index contributed by atoms with van der Waals surface area (Å²) < 4.78 is 5.64. The fourth-order valence-corrected chi connectivity index (χ4v) is 3.79. The summed E-state index contributed by atoms with van der Waals surface area (Å²) in [6, 6.07) is 17.1. The lowest BCUT2D eigenvalue weighted by Crippen LogP contribution is -2.49. The summed E-state index contributed by atoms with van der Waals surface area (Å²) in [5.74, 6) is 0. The highest BCUT2D eigenvalue weighted by molar-refractivity contribution is 5.25. The van der Waals surface area contributed by atoms with Crippen LogP contribution in [0, 0.1) is 11.3 Å². The minimum absolute atomic E-state index is 0.352. The number of rotatable bonds is 6. The first-order valence-electron chi connectivity index (χ1n) is 9.31. The summed E-state index contributed by atoms with van der Waals surface area (Å²) in [6.07, 6.45) is 3.04. The molecule has 0 spiro atoms. The van der Waals surface area contributed by atoms with Gasteiger partial charge in [-0.05, 0) is 29.7 Å². The van der Waals surface area contributed by atoms with E-state index in [0.717, 1.165) is 45.8 Å². The van der Waals surface area contributed by atoms with Crippen molar-refractivity contribution in [1.29, 1.82) is 5.26 Å². The van der Waals surface area contributed by atoms with E-state index in [-0.39, 0.29) is 0 Å². The van der Waals surface area contributed by atoms with Gasteiger partial charge in [-0.15, -0.1) is 0 Å². The Morgan fingerprint density at radius 2 is 1.92 bits per heavy atom. The lowest BCUT2D eigenvalue weighted by Gasteiger charge is -2.39. The first-order chi connectivity index (χ1) is 12.8. The van der Waals surface area contributed by atoms with E-state index in [2.05, 4.69) is 51.2 Å². The van der Waals surface area contributed by atoms with Gasteiger partial charge >= 0.3 is 0 Å². The van der Waals surface area contributed by atoms with Gasteiger partial charge in [0.05, 0.1) is 12.6 Å². The number of nitrogens with zero attached hydrogens (tertiary/aromatic N) is 4. The monoisotopic (exact) mass is 348 g/mol. The second-order valence-corrected chi connectivity index (χ2v) is 7.02. The smallest absolute Gasteiger partial charge is 0.140 e. The Bertz CT molecular complexity index is 761. The van der Waals surface area contributed by atoms with Gasteiger partial charge < -0.3 is 9.64 Å². The van der Waals surface area contributed by atoms with Gasteiger partial charge in [-0.3, -0.25) is 4.90 Å². The molecule has 2 aliphatic heterocycles. The Balaban J connectivity index is 1.31. The van der Waals surface area contributed by atoms with Crippen molar-refractivity contribution in [2.75, 3.05) is 39.3 Å². The van der Waals surface area contributed by atoms with Crippen molar-refractivity contribution in [3.05, 3.63) is 65.5 Å². The van der Waals surface area contributed by atoms with E-state index >= 15 is 0 Å². The largest absolute Gasteiger partial charge is 0.371 e. The Hall–Kier alpha value is -2.26. The average Bonchev–Trinajstić information content (AvgIpc) is 3.54. The molecule has 0 radical (unpaired) electrons. The van der Waals surface area contributed by atoms with Gasteiger partial charge in [-0.1, -0.05) is 30.3 Å². The van der Waals surface area contributed by atoms with E-state index in [1.807, 2.05) is 12.1 Å². The van der Waals surface area contributed by atoms with Gasteiger partial charge in [0.15, 0.2) is 0 Å². The number of ether oxygens (including phenoxy) is 1. The highest BCUT2D eigenvalue weighted by atomic mass is 16.6. The van der Waals surface area contributed by atoms with Crippen molar-refractivity contribution < 1.29 is 4.74 Å². The van der Waals surface area contributed by atoms with Gasteiger partial charge in [0.1, 0.15) is 17.9 Å². The SMILES string of the molecule is N#Cc1cc(CCN2CCN(C(c3ccccc3)C3CO3)CC2)ccn1. The van der Waals surface area contributed by atoms with Crippen molar-refractivity contribution in [1.82, 2.24) is 14.8 Å². The summed E-state index contributed by atoms with van der Waals surface area (Å²) in [5, 5.41) is 8.97. The van der Waals surface area contributed by atoms with Crippen LogP contribution >= 0.6 is 0 Å². The van der Waals surface area contributed by atoms with Crippen LogP contribution in [0.3, 0.4) is 0 Å². The minimum atomic E-state index is 0.352. The number of piperazine rings is 1. The number of aromatic nitrogens is 1. The molecule has 1 aromatic heterocycles. The molecular weight excluding hydrogens is 324 g/mol. The third-order valence-electron chi connectivity index (χ3n) is 5.31. The molecule has 0 bridgehead atoms. The molecule has 1 aromatic carbocycles. The van der Waals surface area contributed by atoms with E-state index in [1.54, 1.807) is 6.20 Å². The topological polar surface area (TPSA) is 55.7 Å². The maximum atomic E-state index is 8.97. The van der Waals surface area contributed by atoms with E-state index in [1.165, 1.54) is 11.1 Å². The van der Waals surface area contributed by atoms with Crippen LogP contribution < -0.4 is 0 Å². The lowest BCUT2D eigenvalue weighted by molar-refractivity contribution is 0.0825. The van der Waals surface area contributed by atoms with Crippen molar-refractivity contribution in [3.63, 3.8) is 0 Å². The van der Waals surface area contributed by atoms with Crippen molar-refractivity contribution >= 4 is 0 Å². The molecule has 0 N–H and O–H groups in total. The van der Waals surface area contributed by atoms with Gasteiger partial charge in [0.25, 0.3) is 0 Å². The first-order valence-corrected chi connectivity index (χ1v) is 9.31. The second-order valence-electron chi connectivity index (χ2n) is 7.02. The molecule has 0 amide bonds. The summed E-state index contributed by atoms with van der Waals surface area (Å²) in [4.78, 5) is 9.13. The van der Waals surface area contributed by atoms with Crippen LogP contribution in [0.5, 0.6) is 0 Å². The van der Waals surface area contributed by atoms with Crippen LogP contribution in [0.15, 0.2) is 48.7 Å². The fraction of sp³-hybridized carbons (Fsp3) is 0.429. The van der Waals surface area contributed by atoms with Crippen molar-refractivity contribution in [2.45, 2.75) is 18.6 Å². The standard InChI is InChI=1S/C21H24N4O/c22-15-19-14-17(6-8-23-19)7-9-24-10-12-25(13-11-24)21(20-16-26-20)18-4-2-1-3-5-18/h1-6,8,14,20-21H,7,9-13,16H2. The summed E-state index contributed by atoms with van der Waals surface area (Å²) in [6.45, 7) is 6.19. The molecule has 5 heteroatoms. The summed E-state index contributed by atoms with van der Waals surface area (Å²) in [5.41, 5.74) is 3.05. The highest BCUT2D eigenvalue weighted by Crippen LogP contribution is 2.33. The number of hydrogen-bond donors (Lipinski definition) is 0. The molecule has 2 fully saturated rings. The molecule has 4 rings (SSSR count). The Labute approximate surface area is 154 Å². The van der Waals surface area contributed by atoms with Gasteiger partial charge in [0, 0.05) is 38.9 Å². The molecule has 0 aliphatic carbocycles. The third-order valence-corrected chi connectivity index (χ3v) is 5.31. The Morgan fingerprint density at radius 3 is 2.62 bits per heavy atom. The molecule has 26 heavy (non-hydrogen) atoms. The normalized spacial score (nSPS) is 21.9. The van der Waals surface area contributed by atoms with Crippen LogP contribution in [0.25, 0.3) is 0 Å². The second kappa shape index (κ2) is 7.96. The van der Waals surface area contributed by atoms with Gasteiger partial charge in [-0.25, -0.2) is 4.98 Å². The molecular formula is C21H24N4O. The number of epoxide rings is 1. The molecule has 2 unspecified atom stereocenters. The van der Waals surface area contributed by atoms with Crippen molar-refractivity contribution in [2.24, 2.45) is 0 Å². The Kier molecular flexibility index (Phi) is 5.26. The molecule has 2 aliphatic rings. The van der Waals surface area contributed by atoms with Gasteiger partial charge in [0.2, 0.25) is 0 Å². The Morgan fingerprint density at radius 1 is 1.15 bits per heavy atom. The van der Waals surface area contributed by atoms with E-state index in [9.17, 15) is 0 Å². The molecule has 2 aromatic rings. The molecule has 2 saturated heterocycles. The molecule has 134 valence electrons. The van der Waals surface area contributed by atoms with Crippen molar-refractivity contribution in [3.8, 4) is 6.07 Å². The predicted octanol–water partition coefficient (Wildman–Crippen LogP) is 2.25. The highest BCUT2D eigenvalue weighted by Gasteiger charge is 2.38. The van der Waals surface area contributed by atoms with E-state index < -0.39 is 0 Å². The maximum absolute atomic E-state index is 8.97. The zero-order valence-corrected chi connectivity index (χ0v) is 14.9. The molecule has 5 nitrogen and oxygen atoms in total. The molecule has 0 saturated carbocycles. The molecule has 3 heterocycles. The predicted molar refractivity (Wildman–Crippen MR) is 99.6 cm³/mol. The zero-order chi connectivity index (χ0) is 17.8. The molecule has 2 atom stereocenters. The zero-order valence-electron chi connectivity index (χ0n) is 14.9. The van der Waals surface area contributed by atoms with E-state index in [0.29, 0.717) is 17.8 Å². The van der Waals surface area contributed by atoms with Crippen LogP contribution in [-0.4, -0.2) is 60.2 Å². The van der Waals surface area contributed by atoms with Crippen LogP contribution in [-0.2, 0) is 11.2 Å². The van der Waals surface area contributed by atoms with E-state index in [4.69, 9.17) is 10.00 Å². The fourth-order valence-electron chi connectivity index (χ4n) is 3.79. The minimum Gasteiger partial charge on any atom is -0.371 e. The number of benzene rings is 1. The average molecular weight is 348 g/mol. The van der Waals surface area contributed by atoms with Crippen LogP contribution in [0.4, 0.5) is 0 Å². The summed E-state index contributed by atoms with van der Waals surface area (Å²) in [7, 11) is 0. The maximum Gasteiger partial charge on any atom is 0.140 e. The van der Waals surface area contributed by atoms with Crippen LogP contribution in [0.2, 0.25) is 0 Å². The lowest BCUT2D eigenvalue weighted by atomic mass is 10.0. The first kappa shape index (κ1) is 17.2. The number of pyridine rings is 1.